The molecule has 0 aromatic carbocycles. The first-order valence-corrected chi connectivity index (χ1v) is 6.11. The number of H-pyrrole nitrogens is 1. The van der Waals surface area contributed by atoms with Gasteiger partial charge in [0, 0.05) is 23.8 Å². The molecule has 90 valence electrons. The Balaban J connectivity index is 2.36. The molecular formula is C13H23N3. The number of aryl methyl sites for hydroxylation is 1. The van der Waals surface area contributed by atoms with Gasteiger partial charge in [-0.25, -0.2) is 0 Å². The Kier molecular flexibility index (Phi) is 5.86. The largest absolute Gasteiger partial charge is 0.310 e. The summed E-state index contributed by atoms with van der Waals surface area (Å²) in [5.41, 5.74) is 2.42. The van der Waals surface area contributed by atoms with Crippen LogP contribution in [0.25, 0.3) is 0 Å². The van der Waals surface area contributed by atoms with Crippen LogP contribution in [0.4, 0.5) is 0 Å². The van der Waals surface area contributed by atoms with E-state index in [9.17, 15) is 0 Å². The van der Waals surface area contributed by atoms with Gasteiger partial charge >= 0.3 is 0 Å². The van der Waals surface area contributed by atoms with Crippen LogP contribution in [-0.2, 0) is 6.54 Å². The van der Waals surface area contributed by atoms with Crippen molar-refractivity contribution in [2.45, 2.75) is 52.1 Å². The molecule has 1 unspecified atom stereocenters. The normalized spacial score (nSPS) is 12.6. The van der Waals surface area contributed by atoms with Crippen LogP contribution >= 0.6 is 0 Å². The minimum atomic E-state index is 0.595. The third kappa shape index (κ3) is 4.19. The van der Waals surface area contributed by atoms with Crippen molar-refractivity contribution in [2.24, 2.45) is 0 Å². The van der Waals surface area contributed by atoms with E-state index in [0.29, 0.717) is 6.04 Å². The van der Waals surface area contributed by atoms with Gasteiger partial charge in [-0.15, -0.1) is 6.58 Å². The van der Waals surface area contributed by atoms with Crippen LogP contribution in [0, 0.1) is 6.92 Å². The van der Waals surface area contributed by atoms with Crippen molar-refractivity contribution < 1.29 is 0 Å². The number of nitrogens with one attached hydrogen (secondary N) is 2. The number of aromatic nitrogens is 2. The Morgan fingerprint density at radius 2 is 2.38 bits per heavy atom. The van der Waals surface area contributed by atoms with E-state index >= 15 is 0 Å². The van der Waals surface area contributed by atoms with Gasteiger partial charge < -0.3 is 5.32 Å². The van der Waals surface area contributed by atoms with Crippen LogP contribution in [0.15, 0.2) is 18.9 Å². The maximum atomic E-state index is 4.03. The highest BCUT2D eigenvalue weighted by Crippen LogP contribution is 2.08. The third-order valence-corrected chi connectivity index (χ3v) is 2.87. The summed E-state index contributed by atoms with van der Waals surface area (Å²) in [6.45, 7) is 8.97. The molecular weight excluding hydrogens is 198 g/mol. The van der Waals surface area contributed by atoms with E-state index in [1.54, 1.807) is 0 Å². The summed E-state index contributed by atoms with van der Waals surface area (Å²) >= 11 is 0. The first-order chi connectivity index (χ1) is 7.77. The summed E-state index contributed by atoms with van der Waals surface area (Å²) in [6, 6.07) is 0.595. The third-order valence-electron chi connectivity index (χ3n) is 2.87. The molecule has 0 saturated heterocycles. The average molecular weight is 221 g/mol. The lowest BCUT2D eigenvalue weighted by molar-refractivity contribution is 0.450. The van der Waals surface area contributed by atoms with Crippen molar-refractivity contribution >= 4 is 0 Å². The standard InChI is InChI=1S/C13H23N3/c1-4-6-8-13(7-5-2)14-9-12-10-15-16-11(12)3/h4,10,13-14H,1,5-9H2,2-3H3,(H,15,16). The van der Waals surface area contributed by atoms with Crippen LogP contribution in [-0.4, -0.2) is 16.2 Å². The van der Waals surface area contributed by atoms with Gasteiger partial charge in [-0.05, 0) is 26.2 Å². The maximum Gasteiger partial charge on any atom is 0.0535 e. The fraction of sp³-hybridized carbons (Fsp3) is 0.615. The fourth-order valence-corrected chi connectivity index (χ4v) is 1.82. The van der Waals surface area contributed by atoms with Gasteiger partial charge in [-0.3, -0.25) is 5.10 Å². The summed E-state index contributed by atoms with van der Waals surface area (Å²) in [5, 5.41) is 10.6. The van der Waals surface area contributed by atoms with Gasteiger partial charge in [-0.1, -0.05) is 19.4 Å². The van der Waals surface area contributed by atoms with Crippen molar-refractivity contribution in [3.8, 4) is 0 Å². The molecule has 1 heterocycles. The number of allylic oxidation sites excluding steroid dienone is 1. The van der Waals surface area contributed by atoms with E-state index in [4.69, 9.17) is 0 Å². The van der Waals surface area contributed by atoms with Crippen molar-refractivity contribution in [3.05, 3.63) is 30.1 Å². The van der Waals surface area contributed by atoms with E-state index in [-0.39, 0.29) is 0 Å². The number of nitrogens with zero attached hydrogens (tertiary/aromatic N) is 1. The molecule has 0 radical (unpaired) electrons. The van der Waals surface area contributed by atoms with Gasteiger partial charge in [0.25, 0.3) is 0 Å². The molecule has 0 spiro atoms. The second-order valence-electron chi connectivity index (χ2n) is 4.25. The van der Waals surface area contributed by atoms with Gasteiger partial charge in [-0.2, -0.15) is 5.10 Å². The van der Waals surface area contributed by atoms with Crippen molar-refractivity contribution in [1.82, 2.24) is 15.5 Å². The lowest BCUT2D eigenvalue weighted by atomic mass is 10.1. The Hall–Kier alpha value is -1.09. The lowest BCUT2D eigenvalue weighted by Crippen LogP contribution is -2.28. The molecule has 1 atom stereocenters. The predicted octanol–water partition coefficient (Wildman–Crippen LogP) is 2.94. The molecule has 0 fully saturated rings. The minimum Gasteiger partial charge on any atom is -0.310 e. The van der Waals surface area contributed by atoms with Gasteiger partial charge in [0.1, 0.15) is 0 Å². The van der Waals surface area contributed by atoms with Crippen molar-refractivity contribution in [1.29, 1.82) is 0 Å². The number of hydrogen-bond acceptors (Lipinski definition) is 2. The van der Waals surface area contributed by atoms with E-state index in [1.807, 2.05) is 12.3 Å². The molecule has 0 bridgehead atoms. The number of rotatable bonds is 8. The van der Waals surface area contributed by atoms with E-state index in [0.717, 1.165) is 18.7 Å². The molecule has 1 rings (SSSR count). The summed E-state index contributed by atoms with van der Waals surface area (Å²) < 4.78 is 0. The molecule has 0 aliphatic heterocycles. The summed E-state index contributed by atoms with van der Waals surface area (Å²) in [4.78, 5) is 0. The monoisotopic (exact) mass is 221 g/mol. The quantitative estimate of drug-likeness (QED) is 0.663. The molecule has 3 nitrogen and oxygen atoms in total. The van der Waals surface area contributed by atoms with Crippen LogP contribution in [0.2, 0.25) is 0 Å². The van der Waals surface area contributed by atoms with Crippen LogP contribution in [0.5, 0.6) is 0 Å². The maximum absolute atomic E-state index is 4.03. The SMILES string of the molecule is C=CCCC(CCC)NCc1cn[nH]c1C. The fourth-order valence-electron chi connectivity index (χ4n) is 1.82. The van der Waals surface area contributed by atoms with Gasteiger partial charge in [0.2, 0.25) is 0 Å². The Morgan fingerprint density at radius 1 is 1.56 bits per heavy atom. The highest BCUT2D eigenvalue weighted by molar-refractivity contribution is 5.13. The molecule has 16 heavy (non-hydrogen) atoms. The lowest BCUT2D eigenvalue weighted by Gasteiger charge is -2.17. The molecule has 0 amide bonds. The summed E-state index contributed by atoms with van der Waals surface area (Å²) in [5.74, 6) is 0. The van der Waals surface area contributed by atoms with Crippen molar-refractivity contribution in [3.63, 3.8) is 0 Å². The second-order valence-corrected chi connectivity index (χ2v) is 4.25. The zero-order valence-electron chi connectivity index (χ0n) is 10.4. The average Bonchev–Trinajstić information content (AvgIpc) is 2.68. The molecule has 0 saturated carbocycles. The summed E-state index contributed by atoms with van der Waals surface area (Å²) in [6.07, 6.45) is 8.60. The highest BCUT2D eigenvalue weighted by Gasteiger charge is 2.07. The first kappa shape index (κ1) is 13.0. The number of aromatic amines is 1. The van der Waals surface area contributed by atoms with E-state index < -0.39 is 0 Å². The first-order valence-electron chi connectivity index (χ1n) is 6.11. The Bertz CT molecular complexity index is 304. The topological polar surface area (TPSA) is 40.7 Å². The molecule has 1 aromatic heterocycles. The summed E-state index contributed by atoms with van der Waals surface area (Å²) in [7, 11) is 0. The van der Waals surface area contributed by atoms with E-state index in [1.165, 1.54) is 24.8 Å². The molecule has 0 aliphatic carbocycles. The second kappa shape index (κ2) is 7.23. The zero-order chi connectivity index (χ0) is 11.8. The minimum absolute atomic E-state index is 0.595. The Labute approximate surface area is 98.3 Å². The van der Waals surface area contributed by atoms with Gasteiger partial charge in [0.05, 0.1) is 6.20 Å². The zero-order valence-corrected chi connectivity index (χ0v) is 10.4. The predicted molar refractivity (Wildman–Crippen MR) is 68.3 cm³/mol. The molecule has 3 heteroatoms. The van der Waals surface area contributed by atoms with Crippen molar-refractivity contribution in [2.75, 3.05) is 0 Å². The number of hydrogen-bond donors (Lipinski definition) is 2. The molecule has 0 aliphatic rings. The molecule has 2 N–H and O–H groups in total. The van der Waals surface area contributed by atoms with Crippen LogP contribution in [0.1, 0.15) is 43.9 Å². The van der Waals surface area contributed by atoms with Crippen LogP contribution in [0.3, 0.4) is 0 Å². The smallest absolute Gasteiger partial charge is 0.0535 e. The molecule has 1 aromatic rings. The highest BCUT2D eigenvalue weighted by atomic mass is 15.1. The van der Waals surface area contributed by atoms with E-state index in [2.05, 4.69) is 35.9 Å². The Morgan fingerprint density at radius 3 is 2.94 bits per heavy atom. The van der Waals surface area contributed by atoms with Crippen LogP contribution < -0.4 is 5.32 Å². The van der Waals surface area contributed by atoms with Gasteiger partial charge in [0.15, 0.2) is 0 Å².